The minimum Gasteiger partial charge on any atom is -0.296 e. The van der Waals surface area contributed by atoms with E-state index in [-0.39, 0.29) is 5.41 Å². The van der Waals surface area contributed by atoms with Crippen LogP contribution in [0.5, 0.6) is 0 Å². The average molecular weight is 340 g/mol. The lowest BCUT2D eigenvalue weighted by molar-refractivity contribution is 0.564. The van der Waals surface area contributed by atoms with Crippen LogP contribution in [0, 0.1) is 0 Å². The molecule has 2 aliphatic rings. The third-order valence-corrected chi connectivity index (χ3v) is 6.67. The molecule has 6 rings (SSSR count). The SMILES string of the molecule is CC(C)(C)c1cc2ccccc2c2nc3cc4c(cc3n12)C1CCC4C1. The van der Waals surface area contributed by atoms with Crippen molar-refractivity contribution in [2.24, 2.45) is 0 Å². The van der Waals surface area contributed by atoms with Crippen molar-refractivity contribution in [3.05, 3.63) is 59.3 Å². The van der Waals surface area contributed by atoms with Crippen molar-refractivity contribution in [3.8, 4) is 0 Å². The highest BCUT2D eigenvalue weighted by Crippen LogP contribution is 2.54. The van der Waals surface area contributed by atoms with Gasteiger partial charge in [0.25, 0.3) is 0 Å². The summed E-state index contributed by atoms with van der Waals surface area (Å²) < 4.78 is 2.43. The van der Waals surface area contributed by atoms with Gasteiger partial charge in [-0.25, -0.2) is 4.98 Å². The van der Waals surface area contributed by atoms with E-state index in [0.717, 1.165) is 23.0 Å². The molecule has 0 spiro atoms. The summed E-state index contributed by atoms with van der Waals surface area (Å²) in [5.74, 6) is 1.56. The second-order valence-corrected chi connectivity index (χ2v) is 9.31. The maximum atomic E-state index is 5.14. The first-order valence-electron chi connectivity index (χ1n) is 9.89. The van der Waals surface area contributed by atoms with E-state index in [4.69, 9.17) is 4.98 Å². The Hall–Kier alpha value is -2.35. The molecule has 130 valence electrons. The van der Waals surface area contributed by atoms with Crippen molar-refractivity contribution in [2.45, 2.75) is 57.3 Å². The zero-order valence-corrected chi connectivity index (χ0v) is 15.7. The van der Waals surface area contributed by atoms with Gasteiger partial charge in [-0.2, -0.15) is 0 Å². The first-order valence-corrected chi connectivity index (χ1v) is 9.89. The zero-order chi connectivity index (χ0) is 17.6. The molecular formula is C24H24N2. The quantitative estimate of drug-likeness (QED) is 0.367. The third kappa shape index (κ3) is 1.80. The van der Waals surface area contributed by atoms with Crippen molar-refractivity contribution in [2.75, 3.05) is 0 Å². The number of pyridine rings is 1. The number of hydrogen-bond donors (Lipinski definition) is 0. The van der Waals surface area contributed by atoms with Gasteiger partial charge in [-0.05, 0) is 65.8 Å². The third-order valence-electron chi connectivity index (χ3n) is 6.67. The zero-order valence-electron chi connectivity index (χ0n) is 15.7. The van der Waals surface area contributed by atoms with E-state index in [1.54, 1.807) is 11.1 Å². The van der Waals surface area contributed by atoms with E-state index in [0.29, 0.717) is 0 Å². The highest BCUT2D eigenvalue weighted by molar-refractivity contribution is 5.99. The Labute approximate surface area is 153 Å². The Bertz CT molecular complexity index is 1210. The van der Waals surface area contributed by atoms with Crippen molar-refractivity contribution in [3.63, 3.8) is 0 Å². The van der Waals surface area contributed by atoms with E-state index >= 15 is 0 Å². The smallest absolute Gasteiger partial charge is 0.146 e. The molecule has 1 saturated carbocycles. The molecule has 2 aliphatic carbocycles. The maximum absolute atomic E-state index is 5.14. The fraction of sp³-hybridized carbons (Fsp3) is 0.375. The Morgan fingerprint density at radius 2 is 1.69 bits per heavy atom. The lowest BCUT2D eigenvalue weighted by atomic mass is 9.89. The molecule has 26 heavy (non-hydrogen) atoms. The molecule has 2 aromatic carbocycles. The highest BCUT2D eigenvalue weighted by atomic mass is 15.0. The number of rotatable bonds is 0. The Morgan fingerprint density at radius 1 is 0.962 bits per heavy atom. The molecule has 0 aliphatic heterocycles. The van der Waals surface area contributed by atoms with Gasteiger partial charge >= 0.3 is 0 Å². The number of benzene rings is 2. The second kappa shape index (κ2) is 4.68. The molecule has 2 atom stereocenters. The van der Waals surface area contributed by atoms with Gasteiger partial charge in [0, 0.05) is 16.5 Å². The molecule has 1 fully saturated rings. The summed E-state index contributed by atoms with van der Waals surface area (Å²) in [4.78, 5) is 5.14. The molecule has 2 heteroatoms. The van der Waals surface area contributed by atoms with Crippen LogP contribution in [0.4, 0.5) is 0 Å². The van der Waals surface area contributed by atoms with Crippen LogP contribution in [0.25, 0.3) is 27.5 Å². The predicted octanol–water partition coefficient (Wildman–Crippen LogP) is 6.30. The normalized spacial score (nSPS) is 22.0. The van der Waals surface area contributed by atoms with E-state index in [1.807, 2.05) is 0 Å². The minimum absolute atomic E-state index is 0.0634. The van der Waals surface area contributed by atoms with Crippen molar-refractivity contribution in [1.82, 2.24) is 9.38 Å². The number of imidazole rings is 1. The molecule has 2 nitrogen and oxygen atoms in total. The van der Waals surface area contributed by atoms with Crippen molar-refractivity contribution < 1.29 is 0 Å². The van der Waals surface area contributed by atoms with Gasteiger partial charge in [-0.15, -0.1) is 0 Å². The van der Waals surface area contributed by atoms with Gasteiger partial charge in [-0.1, -0.05) is 45.0 Å². The van der Waals surface area contributed by atoms with Gasteiger partial charge in [0.2, 0.25) is 0 Å². The Morgan fingerprint density at radius 3 is 2.46 bits per heavy atom. The van der Waals surface area contributed by atoms with E-state index in [9.17, 15) is 0 Å². The number of hydrogen-bond acceptors (Lipinski definition) is 1. The first-order chi connectivity index (χ1) is 12.5. The molecule has 2 unspecified atom stereocenters. The standard InChI is InChI=1S/C24H24N2/c1-24(2,3)22-11-14-6-4-5-7-17(14)23-25-20-12-18-15-8-9-16(10-15)19(18)13-21(20)26(22)23/h4-7,11-13,15-16H,8-10H2,1-3H3. The van der Waals surface area contributed by atoms with Crippen LogP contribution in [0.15, 0.2) is 42.5 Å². The summed E-state index contributed by atoms with van der Waals surface area (Å²) in [5, 5.41) is 2.53. The van der Waals surface area contributed by atoms with Crippen LogP contribution >= 0.6 is 0 Å². The monoisotopic (exact) mass is 340 g/mol. The van der Waals surface area contributed by atoms with Crippen molar-refractivity contribution >= 4 is 27.5 Å². The maximum Gasteiger partial charge on any atom is 0.146 e. The summed E-state index contributed by atoms with van der Waals surface area (Å²) in [5.41, 5.74) is 8.16. The van der Waals surface area contributed by atoms with Gasteiger partial charge in [-0.3, -0.25) is 4.40 Å². The molecule has 2 heterocycles. The van der Waals surface area contributed by atoms with Crippen LogP contribution in [0.2, 0.25) is 0 Å². The lowest BCUT2D eigenvalue weighted by Gasteiger charge is -2.22. The van der Waals surface area contributed by atoms with Crippen molar-refractivity contribution in [1.29, 1.82) is 0 Å². The topological polar surface area (TPSA) is 17.3 Å². The average Bonchev–Trinajstić information content (AvgIpc) is 3.31. The van der Waals surface area contributed by atoms with E-state index in [2.05, 4.69) is 67.6 Å². The van der Waals surface area contributed by atoms with E-state index < -0.39 is 0 Å². The fourth-order valence-electron chi connectivity index (χ4n) is 5.42. The lowest BCUT2D eigenvalue weighted by Crippen LogP contribution is -2.16. The number of nitrogens with zero attached hydrogens (tertiary/aromatic N) is 2. The number of fused-ring (bicyclic) bond motifs is 10. The van der Waals surface area contributed by atoms with Crippen LogP contribution in [-0.2, 0) is 5.41 Å². The first kappa shape index (κ1) is 14.8. The molecule has 0 radical (unpaired) electrons. The number of aromatic nitrogens is 2. The van der Waals surface area contributed by atoms with Crippen LogP contribution in [-0.4, -0.2) is 9.38 Å². The highest BCUT2D eigenvalue weighted by Gasteiger charge is 2.37. The minimum atomic E-state index is 0.0634. The largest absolute Gasteiger partial charge is 0.296 e. The fourth-order valence-corrected chi connectivity index (χ4v) is 5.42. The van der Waals surface area contributed by atoms with Crippen LogP contribution < -0.4 is 0 Å². The summed E-state index contributed by atoms with van der Waals surface area (Å²) in [6.45, 7) is 6.91. The molecule has 4 aromatic rings. The molecular weight excluding hydrogens is 316 g/mol. The molecule has 2 aromatic heterocycles. The summed E-state index contributed by atoms with van der Waals surface area (Å²) in [6, 6.07) is 15.9. The predicted molar refractivity (Wildman–Crippen MR) is 108 cm³/mol. The summed E-state index contributed by atoms with van der Waals surface area (Å²) >= 11 is 0. The molecule has 0 N–H and O–H groups in total. The Balaban J connectivity index is 1.81. The van der Waals surface area contributed by atoms with Crippen LogP contribution in [0.3, 0.4) is 0 Å². The molecule has 0 saturated heterocycles. The van der Waals surface area contributed by atoms with Gasteiger partial charge < -0.3 is 0 Å². The van der Waals surface area contributed by atoms with Gasteiger partial charge in [0.05, 0.1) is 11.0 Å². The van der Waals surface area contributed by atoms with E-state index in [1.165, 1.54) is 41.2 Å². The molecule has 2 bridgehead atoms. The summed E-state index contributed by atoms with van der Waals surface area (Å²) in [6.07, 6.45) is 4.10. The second-order valence-electron chi connectivity index (χ2n) is 9.31. The van der Waals surface area contributed by atoms with Gasteiger partial charge in [0.15, 0.2) is 0 Å². The molecule has 0 amide bonds. The Kier molecular flexibility index (Phi) is 2.66. The van der Waals surface area contributed by atoms with Gasteiger partial charge in [0.1, 0.15) is 5.65 Å². The van der Waals surface area contributed by atoms with Crippen LogP contribution in [0.1, 0.15) is 68.7 Å². The summed E-state index contributed by atoms with van der Waals surface area (Å²) in [7, 11) is 0.